The predicted octanol–water partition coefficient (Wildman–Crippen LogP) is 2.58. The quantitative estimate of drug-likeness (QED) is 0.782. The molecule has 0 fully saturated rings. The van der Waals surface area contributed by atoms with Crippen LogP contribution in [-0.4, -0.2) is 28.8 Å². The van der Waals surface area contributed by atoms with Gasteiger partial charge in [0.15, 0.2) is 0 Å². The van der Waals surface area contributed by atoms with Crippen molar-refractivity contribution >= 4 is 27.6 Å². The van der Waals surface area contributed by atoms with Crippen LogP contribution in [0.2, 0.25) is 0 Å². The van der Waals surface area contributed by atoms with E-state index in [0.29, 0.717) is 10.2 Å². The molecule has 17 heavy (non-hydrogen) atoms. The smallest absolute Gasteiger partial charge is 0.338 e. The van der Waals surface area contributed by atoms with Crippen LogP contribution in [0.1, 0.15) is 24.2 Å². The maximum atomic E-state index is 11.1. The third kappa shape index (κ3) is 3.44. The van der Waals surface area contributed by atoms with Crippen LogP contribution >= 0.6 is 15.9 Å². The molecule has 0 aromatic heterocycles. The fraction of sp³-hybridized carbons (Fsp3) is 0.417. The van der Waals surface area contributed by atoms with Gasteiger partial charge in [-0.3, -0.25) is 0 Å². The molecule has 1 aromatic rings. The Morgan fingerprint density at radius 2 is 2.12 bits per heavy atom. The van der Waals surface area contributed by atoms with Gasteiger partial charge in [-0.25, -0.2) is 4.79 Å². The third-order valence-electron chi connectivity index (χ3n) is 2.57. The monoisotopic (exact) mass is 301 g/mol. The molecule has 0 aliphatic rings. The van der Waals surface area contributed by atoms with Crippen molar-refractivity contribution in [3.8, 4) is 0 Å². The lowest BCUT2D eigenvalue weighted by Crippen LogP contribution is -2.30. The summed E-state index contributed by atoms with van der Waals surface area (Å²) < 4.78 is 0.524. The highest BCUT2D eigenvalue weighted by Gasteiger charge is 2.18. The van der Waals surface area contributed by atoms with E-state index in [9.17, 15) is 9.90 Å². The van der Waals surface area contributed by atoms with Crippen LogP contribution in [0.3, 0.4) is 0 Å². The number of halogens is 1. The van der Waals surface area contributed by atoms with E-state index in [1.807, 2.05) is 13.8 Å². The van der Waals surface area contributed by atoms with Gasteiger partial charge in [0.25, 0.3) is 0 Å². The van der Waals surface area contributed by atoms with E-state index >= 15 is 0 Å². The average molecular weight is 302 g/mol. The van der Waals surface area contributed by atoms with Gasteiger partial charge in [0.05, 0.1) is 23.9 Å². The van der Waals surface area contributed by atoms with E-state index in [2.05, 4.69) is 21.2 Å². The van der Waals surface area contributed by atoms with Crippen LogP contribution in [-0.2, 0) is 0 Å². The maximum Gasteiger partial charge on any atom is 0.338 e. The van der Waals surface area contributed by atoms with Crippen molar-refractivity contribution in [2.75, 3.05) is 11.9 Å². The largest absolute Gasteiger partial charge is 0.478 e. The van der Waals surface area contributed by atoms with Gasteiger partial charge in [0, 0.05) is 4.47 Å². The second-order valence-electron chi connectivity index (χ2n) is 4.14. The summed E-state index contributed by atoms with van der Waals surface area (Å²) in [5.41, 5.74) is 0.700. The number of carboxylic acid groups (broad SMARTS) is 1. The first kappa shape index (κ1) is 14.0. The number of hydrogen-bond acceptors (Lipinski definition) is 3. The lowest BCUT2D eigenvalue weighted by Gasteiger charge is -2.22. The van der Waals surface area contributed by atoms with Gasteiger partial charge in [-0.05, 0) is 34.0 Å². The van der Waals surface area contributed by atoms with E-state index in [4.69, 9.17) is 5.11 Å². The third-order valence-corrected chi connectivity index (χ3v) is 3.23. The lowest BCUT2D eigenvalue weighted by molar-refractivity contribution is 0.0696. The molecular formula is C12H16BrNO3. The summed E-state index contributed by atoms with van der Waals surface area (Å²) >= 11 is 3.21. The highest BCUT2D eigenvalue weighted by Crippen LogP contribution is 2.26. The first-order valence-corrected chi connectivity index (χ1v) is 6.15. The number of hydrogen-bond donors (Lipinski definition) is 3. The van der Waals surface area contributed by atoms with Gasteiger partial charge in [0.2, 0.25) is 0 Å². The minimum absolute atomic E-state index is 0.0385. The Bertz CT molecular complexity index is 407. The molecule has 94 valence electrons. The normalized spacial score (nSPS) is 12.5. The molecule has 4 nitrogen and oxygen atoms in total. The maximum absolute atomic E-state index is 11.1. The number of carbonyl (C=O) groups is 1. The predicted molar refractivity (Wildman–Crippen MR) is 70.4 cm³/mol. The van der Waals surface area contributed by atoms with Crippen molar-refractivity contribution in [1.82, 2.24) is 0 Å². The number of anilines is 1. The number of aliphatic hydroxyl groups is 1. The Labute approximate surface area is 109 Å². The molecule has 0 aliphatic heterocycles. The zero-order valence-corrected chi connectivity index (χ0v) is 11.4. The molecule has 0 bridgehead atoms. The Balaban J connectivity index is 3.05. The lowest BCUT2D eigenvalue weighted by atomic mass is 10.0. The van der Waals surface area contributed by atoms with Gasteiger partial charge in [-0.1, -0.05) is 19.9 Å². The molecule has 1 rings (SSSR count). The van der Waals surface area contributed by atoms with Crippen LogP contribution in [0.25, 0.3) is 0 Å². The van der Waals surface area contributed by atoms with Crippen LogP contribution < -0.4 is 5.32 Å². The van der Waals surface area contributed by atoms with E-state index in [-0.39, 0.29) is 24.1 Å². The molecule has 0 radical (unpaired) electrons. The van der Waals surface area contributed by atoms with Crippen LogP contribution in [0, 0.1) is 5.92 Å². The summed E-state index contributed by atoms with van der Waals surface area (Å²) in [5.74, 6) is -0.791. The van der Waals surface area contributed by atoms with Gasteiger partial charge in [0.1, 0.15) is 0 Å². The van der Waals surface area contributed by atoms with E-state index in [1.54, 1.807) is 18.2 Å². The summed E-state index contributed by atoms with van der Waals surface area (Å²) in [7, 11) is 0. The first-order valence-electron chi connectivity index (χ1n) is 5.36. The molecule has 1 atom stereocenters. The minimum atomic E-state index is -1.000. The zero-order valence-electron chi connectivity index (χ0n) is 9.77. The number of nitrogens with one attached hydrogen (secondary N) is 1. The van der Waals surface area contributed by atoms with E-state index in [1.165, 1.54) is 0 Å². The first-order chi connectivity index (χ1) is 7.97. The van der Waals surface area contributed by atoms with Crippen molar-refractivity contribution in [3.05, 3.63) is 28.2 Å². The molecule has 0 saturated heterocycles. The van der Waals surface area contributed by atoms with Crippen LogP contribution in [0.5, 0.6) is 0 Å². The molecule has 5 heteroatoms. The summed E-state index contributed by atoms with van der Waals surface area (Å²) in [6.07, 6.45) is 0. The summed E-state index contributed by atoms with van der Waals surface area (Å²) in [6.45, 7) is 3.89. The summed E-state index contributed by atoms with van der Waals surface area (Å²) in [5, 5.41) is 21.4. The second kappa shape index (κ2) is 6.02. The zero-order chi connectivity index (χ0) is 13.0. The molecule has 0 spiro atoms. The molecule has 0 aliphatic carbocycles. The number of aromatic carboxylic acids is 1. The fourth-order valence-electron chi connectivity index (χ4n) is 1.48. The Hall–Kier alpha value is -1.07. The number of rotatable bonds is 5. The Kier molecular flexibility index (Phi) is 4.96. The fourth-order valence-corrected chi connectivity index (χ4v) is 2.02. The van der Waals surface area contributed by atoms with E-state index in [0.717, 1.165) is 0 Å². The summed E-state index contributed by atoms with van der Waals surface area (Å²) in [4.78, 5) is 11.1. The van der Waals surface area contributed by atoms with Crippen LogP contribution in [0.15, 0.2) is 22.7 Å². The Morgan fingerprint density at radius 1 is 1.47 bits per heavy atom. The second-order valence-corrected chi connectivity index (χ2v) is 5.00. The minimum Gasteiger partial charge on any atom is -0.478 e. The van der Waals surface area contributed by atoms with Crippen molar-refractivity contribution in [1.29, 1.82) is 0 Å². The molecule has 1 unspecified atom stereocenters. The van der Waals surface area contributed by atoms with Gasteiger partial charge in [-0.2, -0.15) is 0 Å². The standard InChI is InChI=1S/C12H16BrNO3/c1-7(2)10(6-15)14-9-5-3-4-8(13)11(9)12(16)17/h3-5,7,10,14-15H,6H2,1-2H3,(H,16,17). The van der Waals surface area contributed by atoms with Gasteiger partial charge in [-0.15, -0.1) is 0 Å². The van der Waals surface area contributed by atoms with Crippen molar-refractivity contribution in [3.63, 3.8) is 0 Å². The molecular weight excluding hydrogens is 286 g/mol. The molecule has 0 amide bonds. The molecule has 0 heterocycles. The van der Waals surface area contributed by atoms with Crippen molar-refractivity contribution in [2.24, 2.45) is 5.92 Å². The van der Waals surface area contributed by atoms with Gasteiger partial charge < -0.3 is 15.5 Å². The van der Waals surface area contributed by atoms with Crippen molar-refractivity contribution < 1.29 is 15.0 Å². The molecule has 3 N–H and O–H groups in total. The number of benzene rings is 1. The van der Waals surface area contributed by atoms with Crippen LogP contribution in [0.4, 0.5) is 5.69 Å². The highest BCUT2D eigenvalue weighted by molar-refractivity contribution is 9.10. The van der Waals surface area contributed by atoms with E-state index < -0.39 is 5.97 Å². The topological polar surface area (TPSA) is 69.6 Å². The van der Waals surface area contributed by atoms with Gasteiger partial charge >= 0.3 is 5.97 Å². The van der Waals surface area contributed by atoms with Crippen molar-refractivity contribution in [2.45, 2.75) is 19.9 Å². The molecule has 1 aromatic carbocycles. The Morgan fingerprint density at radius 3 is 2.59 bits per heavy atom. The SMILES string of the molecule is CC(C)C(CO)Nc1cccc(Br)c1C(=O)O. The summed E-state index contributed by atoms with van der Waals surface area (Å²) in [6, 6.07) is 4.97. The number of aliphatic hydroxyl groups excluding tert-OH is 1. The molecule has 0 saturated carbocycles. The number of carboxylic acids is 1. The highest BCUT2D eigenvalue weighted by atomic mass is 79.9. The average Bonchev–Trinajstić information content (AvgIpc) is 2.24.